The molecule has 12 nitrogen and oxygen atoms in total. The Morgan fingerprint density at radius 3 is 2.31 bits per heavy atom. The summed E-state index contributed by atoms with van der Waals surface area (Å²) in [7, 11) is 0. The molecule has 1 saturated heterocycles. The molecule has 0 aliphatic carbocycles. The Labute approximate surface area is 203 Å². The first-order chi connectivity index (χ1) is 17.2. The Morgan fingerprint density at radius 2 is 1.64 bits per heavy atom. The molecule has 6 atom stereocenters. The molecule has 5 rings (SSSR count). The van der Waals surface area contributed by atoms with Crippen LogP contribution in [0.3, 0.4) is 0 Å². The molecule has 0 saturated carbocycles. The second kappa shape index (κ2) is 9.00. The number of allylic oxidation sites excluding steroid dienone is 2. The molecule has 3 heterocycles. The highest BCUT2D eigenvalue weighted by Gasteiger charge is 2.47. The molecule has 3 aliphatic rings. The monoisotopic (exact) mass is 503 g/mol. The number of phenolic OH excluding ortho intramolecular Hbond substituents is 2. The minimum atomic E-state index is -1.74. The van der Waals surface area contributed by atoms with E-state index in [0.29, 0.717) is 5.56 Å². The number of phenols is 2. The third-order valence-electron chi connectivity index (χ3n) is 6.07. The van der Waals surface area contributed by atoms with Gasteiger partial charge in [0.05, 0.1) is 12.2 Å². The molecule has 0 radical (unpaired) electrons. The summed E-state index contributed by atoms with van der Waals surface area (Å²) in [5, 5.41) is 70.0. The van der Waals surface area contributed by atoms with Gasteiger partial charge in [0.1, 0.15) is 47.4 Å². The summed E-state index contributed by atoms with van der Waals surface area (Å²) in [5.41, 5.74) is 0.949. The maximum atomic E-state index is 10.5. The number of benzene rings is 2. The van der Waals surface area contributed by atoms with Gasteiger partial charge in [0.15, 0.2) is 11.9 Å². The molecule has 2 aromatic rings. The average Bonchev–Trinajstić information content (AvgIpc) is 2.85. The van der Waals surface area contributed by atoms with E-state index >= 15 is 0 Å². The van der Waals surface area contributed by atoms with E-state index in [1.54, 1.807) is 0 Å². The number of aromatic hydroxyl groups is 2. The van der Waals surface area contributed by atoms with Gasteiger partial charge in [-0.3, -0.25) is 0 Å². The van der Waals surface area contributed by atoms with Crippen LogP contribution in [0.4, 0.5) is 0 Å². The molecule has 2 aromatic carbocycles. The number of aliphatic hydroxyl groups excluding tert-OH is 5. The van der Waals surface area contributed by atoms with Gasteiger partial charge in [-0.1, -0.05) is 12.1 Å². The van der Waals surface area contributed by atoms with Crippen molar-refractivity contribution < 1.29 is 59.5 Å². The van der Waals surface area contributed by atoms with Crippen LogP contribution in [0.5, 0.6) is 23.0 Å². The predicted molar refractivity (Wildman–Crippen MR) is 120 cm³/mol. The molecule has 0 bridgehead atoms. The maximum Gasteiger partial charge on any atom is 0.552 e. The van der Waals surface area contributed by atoms with E-state index in [1.165, 1.54) is 42.5 Å². The summed E-state index contributed by atoms with van der Waals surface area (Å²) in [4.78, 5) is 9.71. The average molecular weight is 503 g/mol. The van der Waals surface area contributed by atoms with Crippen molar-refractivity contribution in [2.75, 3.05) is 6.61 Å². The van der Waals surface area contributed by atoms with Crippen LogP contribution in [0.2, 0.25) is 0 Å². The van der Waals surface area contributed by atoms with Crippen LogP contribution < -0.4 is 9.47 Å². The van der Waals surface area contributed by atoms with Crippen molar-refractivity contribution in [2.45, 2.75) is 36.8 Å². The van der Waals surface area contributed by atoms with Crippen molar-refractivity contribution in [3.8, 4) is 23.0 Å². The number of aliphatic hydroxyl groups is 4. The summed E-state index contributed by atoms with van der Waals surface area (Å²) in [6.45, 7) is -0.675. The third kappa shape index (κ3) is 4.00. The van der Waals surface area contributed by atoms with Gasteiger partial charge < -0.3 is 59.5 Å². The van der Waals surface area contributed by atoms with Gasteiger partial charge in [0.25, 0.3) is 5.76 Å². The van der Waals surface area contributed by atoms with Crippen molar-refractivity contribution in [2.24, 2.45) is 0 Å². The first-order valence-corrected chi connectivity index (χ1v) is 10.9. The first-order valence-electron chi connectivity index (χ1n) is 10.9. The Hall–Kier alpha value is -3.81. The van der Waals surface area contributed by atoms with Crippen molar-refractivity contribution in [1.82, 2.24) is 0 Å². The Kier molecular flexibility index (Phi) is 5.98. The Morgan fingerprint density at radius 1 is 0.944 bits per heavy atom. The van der Waals surface area contributed by atoms with Crippen LogP contribution >= 0.6 is 0 Å². The highest BCUT2D eigenvalue weighted by Crippen LogP contribution is 2.51. The topological polar surface area (TPSA) is 200 Å². The van der Waals surface area contributed by atoms with Crippen LogP contribution in [-0.2, 0) is 9.47 Å². The normalized spacial score (nSPS) is 28.9. The predicted octanol–water partition coefficient (Wildman–Crippen LogP) is 0.0958. The van der Waals surface area contributed by atoms with Gasteiger partial charge in [-0.05, 0) is 12.1 Å². The molecule has 190 valence electrons. The summed E-state index contributed by atoms with van der Waals surface area (Å²) < 4.78 is 23.1. The summed E-state index contributed by atoms with van der Waals surface area (Å²) >= 11 is 0. The summed E-state index contributed by atoms with van der Waals surface area (Å²) in [6, 6.07) is 8.41. The van der Waals surface area contributed by atoms with Crippen molar-refractivity contribution in [3.63, 3.8) is 0 Å². The lowest BCUT2D eigenvalue weighted by atomic mass is 9.92. The number of rotatable bonds is 5. The van der Waals surface area contributed by atoms with E-state index in [2.05, 4.69) is 0 Å². The zero-order valence-corrected chi connectivity index (χ0v) is 18.4. The lowest BCUT2D eigenvalue weighted by Gasteiger charge is -2.41. The number of hydrogen-bond acceptors (Lipinski definition) is 10. The highest BCUT2D eigenvalue weighted by molar-refractivity contribution is 5.96. The van der Waals surface area contributed by atoms with Gasteiger partial charge in [0.2, 0.25) is 6.29 Å². The van der Waals surface area contributed by atoms with Crippen LogP contribution in [0.1, 0.15) is 17.2 Å². The van der Waals surface area contributed by atoms with E-state index in [9.17, 15) is 40.5 Å². The molecule has 36 heavy (non-hydrogen) atoms. The second-order valence-electron chi connectivity index (χ2n) is 8.43. The fourth-order valence-electron chi connectivity index (χ4n) is 4.28. The summed E-state index contributed by atoms with van der Waals surface area (Å²) in [5.74, 6) is -1.64. The molecule has 6 unspecified atom stereocenters. The van der Waals surface area contributed by atoms with E-state index in [1.807, 2.05) is 0 Å². The molecule has 1 fully saturated rings. The number of carboxylic acids is 1. The zero-order chi connectivity index (χ0) is 25.7. The molecule has 3 aliphatic heterocycles. The van der Waals surface area contributed by atoms with Crippen LogP contribution in [0.15, 0.2) is 54.0 Å². The fraction of sp³-hybridized carbons (Fsp3) is 0.292. The maximum absolute atomic E-state index is 10.5. The molecule has 12 heteroatoms. The van der Waals surface area contributed by atoms with Crippen molar-refractivity contribution in [1.29, 1.82) is 0 Å². The van der Waals surface area contributed by atoms with Crippen molar-refractivity contribution in [3.05, 3.63) is 65.1 Å². The minimum absolute atomic E-state index is 0.0113. The van der Waals surface area contributed by atoms with E-state index in [4.69, 9.17) is 18.9 Å². The third-order valence-corrected chi connectivity index (χ3v) is 6.07. The van der Waals surface area contributed by atoms with Crippen LogP contribution in [0, 0.1) is 0 Å². The van der Waals surface area contributed by atoms with Gasteiger partial charge in [-0.15, -0.1) is 0 Å². The van der Waals surface area contributed by atoms with E-state index in [-0.39, 0.29) is 45.7 Å². The molecule has 0 spiro atoms. The SMILES string of the molecule is OCC1OC(OC2=C3C=C(C(O)=[OH+])Oc4cc(O)cc(c43)OC2c2ccc(O)cc2)C(O)C(O)C1O. The standard InChI is InChI=1S/C24H22O12/c25-8-16-18(28)19(29)20(30)24(35-16)36-22-12-7-15(23(31)32)33-13-5-11(27)6-14(17(12)13)34-21(22)9-1-3-10(26)4-2-9/h1-7,16,18-21,24-30H,8H2,(H,31,32)/p+1. The fourth-order valence-corrected chi connectivity index (χ4v) is 4.28. The van der Waals surface area contributed by atoms with Gasteiger partial charge in [-0.25, -0.2) is 0 Å². The lowest BCUT2D eigenvalue weighted by Crippen LogP contribution is -2.59. The smallest absolute Gasteiger partial charge is 0.508 e. The van der Waals surface area contributed by atoms with Crippen LogP contribution in [-0.4, -0.2) is 83.8 Å². The highest BCUT2D eigenvalue weighted by atomic mass is 16.7. The Bertz CT molecular complexity index is 1250. The minimum Gasteiger partial charge on any atom is -0.508 e. The van der Waals surface area contributed by atoms with Crippen molar-refractivity contribution >= 4 is 11.5 Å². The zero-order valence-electron chi connectivity index (χ0n) is 18.4. The number of ether oxygens (including phenoxy) is 4. The molecule has 0 aromatic heterocycles. The van der Waals surface area contributed by atoms with Gasteiger partial charge in [-0.2, -0.15) is 0 Å². The lowest BCUT2D eigenvalue weighted by molar-refractivity contribution is -0.293. The number of aliphatic carboxylic acids is 1. The quantitative estimate of drug-likeness (QED) is 0.273. The largest absolute Gasteiger partial charge is 0.552 e. The van der Waals surface area contributed by atoms with Crippen LogP contribution in [0.25, 0.3) is 5.57 Å². The van der Waals surface area contributed by atoms with Gasteiger partial charge >= 0.3 is 5.97 Å². The Balaban J connectivity index is 1.68. The van der Waals surface area contributed by atoms with E-state index < -0.39 is 49.4 Å². The summed E-state index contributed by atoms with van der Waals surface area (Å²) in [6.07, 6.45) is -7.72. The first kappa shape index (κ1) is 23.9. The number of hydrogen-bond donors (Lipinski definition) is 7. The second-order valence-corrected chi connectivity index (χ2v) is 8.43. The molecular weight excluding hydrogens is 480 g/mol. The number of carboxylic acid groups (broad SMARTS) is 1. The molecule has 0 amide bonds. The molecule has 8 N–H and O–H groups in total. The van der Waals surface area contributed by atoms with Gasteiger partial charge in [0, 0.05) is 29.3 Å². The van der Waals surface area contributed by atoms with E-state index in [0.717, 1.165) is 0 Å². The molecular formula is C24H23O12+.